The van der Waals surface area contributed by atoms with E-state index in [1.54, 1.807) is 21.3 Å². The highest BCUT2D eigenvalue weighted by atomic mass is 28.4. The molecule has 0 unspecified atom stereocenters. The molecule has 2 N–H and O–H groups in total. The number of hydrogen-bond donors (Lipinski definition) is 1. The molecule has 12 heavy (non-hydrogen) atoms. The van der Waals surface area contributed by atoms with Crippen LogP contribution in [0.15, 0.2) is 0 Å². The summed E-state index contributed by atoms with van der Waals surface area (Å²) in [5.74, 6) is 5.78. The second kappa shape index (κ2) is 4.31. The Kier molecular flexibility index (Phi) is 4.31. The monoisotopic (exact) mass is 195 g/mol. The van der Waals surface area contributed by atoms with Gasteiger partial charge in [0.15, 0.2) is 6.17 Å². The molecule has 0 bridgehead atoms. The van der Waals surface area contributed by atoms with Crippen molar-refractivity contribution in [2.45, 2.75) is 0 Å². The van der Waals surface area contributed by atoms with Gasteiger partial charge in [0.25, 0.3) is 0 Å². The predicted molar refractivity (Wildman–Crippen MR) is 47.9 cm³/mol. The minimum Gasteiger partial charge on any atom is -0.374 e. The highest BCUT2D eigenvalue weighted by Gasteiger charge is 2.44. The molecule has 0 fully saturated rings. The fraction of sp³-hybridized carbons (Fsp3) is 1.00. The molecular weight excluding hydrogens is 176 g/mol. The maximum Gasteiger partial charge on any atom is 0.560 e. The van der Waals surface area contributed by atoms with Gasteiger partial charge in [-0.2, -0.15) is 5.84 Å². The molecule has 0 aliphatic rings. The highest BCUT2D eigenvalue weighted by Crippen LogP contribution is 2.08. The molecule has 0 aliphatic heterocycles. The van der Waals surface area contributed by atoms with Gasteiger partial charge < -0.3 is 13.3 Å². The first kappa shape index (κ1) is 12.0. The number of quaternary nitrogens is 1. The van der Waals surface area contributed by atoms with Crippen molar-refractivity contribution in [3.63, 3.8) is 0 Å². The standard InChI is InChI=1S/C6H19N2O3Si/c1-8(2,7)6-12(9-3,10-4)11-5/h6-7H2,1-5H3/q+1. The van der Waals surface area contributed by atoms with Gasteiger partial charge in [-0.25, -0.2) is 4.59 Å². The molecule has 0 saturated heterocycles. The quantitative estimate of drug-likeness (QED) is 0.274. The zero-order valence-electron chi connectivity index (χ0n) is 8.46. The fourth-order valence-electron chi connectivity index (χ4n) is 0.943. The Labute approximate surface area is 74.9 Å². The Bertz CT molecular complexity index is 125. The van der Waals surface area contributed by atoms with Crippen molar-refractivity contribution in [2.75, 3.05) is 41.6 Å². The molecule has 0 rings (SSSR count). The molecule has 0 amide bonds. The van der Waals surface area contributed by atoms with Gasteiger partial charge >= 0.3 is 8.80 Å². The largest absolute Gasteiger partial charge is 0.560 e. The first-order valence-electron chi connectivity index (χ1n) is 3.66. The van der Waals surface area contributed by atoms with Gasteiger partial charge in [-0.05, 0) is 0 Å². The molecule has 0 radical (unpaired) electrons. The minimum absolute atomic E-state index is 0.280. The van der Waals surface area contributed by atoms with E-state index in [0.29, 0.717) is 6.17 Å². The van der Waals surface area contributed by atoms with E-state index in [1.807, 2.05) is 14.1 Å². The zero-order chi connectivity index (χ0) is 9.83. The highest BCUT2D eigenvalue weighted by molar-refractivity contribution is 6.60. The SMILES string of the molecule is CO[Si](C[N+](C)(C)N)(OC)OC. The molecule has 0 saturated carbocycles. The van der Waals surface area contributed by atoms with Crippen molar-refractivity contribution >= 4 is 8.80 Å². The van der Waals surface area contributed by atoms with E-state index in [9.17, 15) is 0 Å². The van der Waals surface area contributed by atoms with Crippen LogP contribution in [-0.2, 0) is 13.3 Å². The van der Waals surface area contributed by atoms with Gasteiger partial charge in [0.05, 0.1) is 14.1 Å². The Hall–Kier alpha value is 0.0169. The molecule has 74 valence electrons. The van der Waals surface area contributed by atoms with E-state index in [0.717, 1.165) is 0 Å². The van der Waals surface area contributed by atoms with Crippen molar-refractivity contribution in [2.24, 2.45) is 5.84 Å². The van der Waals surface area contributed by atoms with E-state index in [2.05, 4.69) is 0 Å². The van der Waals surface area contributed by atoms with Crippen LogP contribution in [-0.4, -0.2) is 55.0 Å². The third kappa shape index (κ3) is 3.61. The van der Waals surface area contributed by atoms with E-state index in [4.69, 9.17) is 19.1 Å². The van der Waals surface area contributed by atoms with Crippen LogP contribution in [0.25, 0.3) is 0 Å². The summed E-state index contributed by atoms with van der Waals surface area (Å²) in [6.45, 7) is 0. The van der Waals surface area contributed by atoms with Crippen LogP contribution in [0.4, 0.5) is 0 Å². The molecule has 6 heteroatoms. The number of hydrogen-bond acceptors (Lipinski definition) is 4. The summed E-state index contributed by atoms with van der Waals surface area (Å²) in [4.78, 5) is 0. The zero-order valence-corrected chi connectivity index (χ0v) is 9.46. The Balaban J connectivity index is 4.30. The summed E-state index contributed by atoms with van der Waals surface area (Å²) in [6, 6.07) is 0. The molecule has 0 aliphatic carbocycles. The third-order valence-corrected chi connectivity index (χ3v) is 4.60. The Morgan fingerprint density at radius 1 is 1.08 bits per heavy atom. The maximum absolute atomic E-state index is 5.78. The van der Waals surface area contributed by atoms with E-state index in [-0.39, 0.29) is 4.59 Å². The minimum atomic E-state index is -2.51. The predicted octanol–water partition coefficient (Wildman–Crippen LogP) is -0.646. The summed E-state index contributed by atoms with van der Waals surface area (Å²) in [6.07, 6.45) is 0.552. The molecule has 5 nitrogen and oxygen atoms in total. The maximum atomic E-state index is 5.78. The van der Waals surface area contributed by atoms with Crippen LogP contribution < -0.4 is 5.84 Å². The first-order chi connectivity index (χ1) is 5.39. The molecule has 0 aromatic rings. The summed E-state index contributed by atoms with van der Waals surface area (Å²) in [7, 11) is 5.95. The average molecular weight is 195 g/mol. The van der Waals surface area contributed by atoms with Crippen molar-refractivity contribution in [3.8, 4) is 0 Å². The van der Waals surface area contributed by atoms with Crippen molar-refractivity contribution in [1.82, 2.24) is 0 Å². The lowest BCUT2D eigenvalue weighted by atomic mass is 10.9. The first-order valence-corrected chi connectivity index (χ1v) is 5.59. The molecule has 0 spiro atoms. The van der Waals surface area contributed by atoms with Crippen LogP contribution in [0.2, 0.25) is 0 Å². The van der Waals surface area contributed by atoms with Gasteiger partial charge in [0.2, 0.25) is 0 Å². The molecule has 0 aromatic heterocycles. The lowest BCUT2D eigenvalue weighted by molar-refractivity contribution is -0.894. The van der Waals surface area contributed by atoms with Crippen molar-refractivity contribution in [1.29, 1.82) is 0 Å². The Morgan fingerprint density at radius 3 is 1.50 bits per heavy atom. The van der Waals surface area contributed by atoms with Crippen LogP contribution in [0.5, 0.6) is 0 Å². The molecule has 0 heterocycles. The van der Waals surface area contributed by atoms with Gasteiger partial charge in [-0.1, -0.05) is 0 Å². The van der Waals surface area contributed by atoms with E-state index >= 15 is 0 Å². The molecule has 0 aromatic carbocycles. The van der Waals surface area contributed by atoms with Gasteiger partial charge in [-0.3, -0.25) is 0 Å². The van der Waals surface area contributed by atoms with E-state index in [1.165, 1.54) is 0 Å². The number of rotatable bonds is 5. The Morgan fingerprint density at radius 2 is 1.42 bits per heavy atom. The third-order valence-electron chi connectivity index (χ3n) is 1.53. The summed E-state index contributed by atoms with van der Waals surface area (Å²) in [5, 5.41) is 0. The van der Waals surface area contributed by atoms with Crippen LogP contribution in [0.1, 0.15) is 0 Å². The van der Waals surface area contributed by atoms with Crippen LogP contribution in [0.3, 0.4) is 0 Å². The number of nitrogens with zero attached hydrogens (tertiary/aromatic N) is 1. The summed E-state index contributed by atoms with van der Waals surface area (Å²) < 4.78 is 15.9. The number of nitrogens with two attached hydrogens (primary N) is 1. The lowest BCUT2D eigenvalue weighted by Crippen LogP contribution is -2.62. The second-order valence-corrected chi connectivity index (χ2v) is 6.14. The topological polar surface area (TPSA) is 53.7 Å². The fourth-order valence-corrected chi connectivity index (χ4v) is 2.83. The smallest absolute Gasteiger partial charge is 0.374 e. The van der Waals surface area contributed by atoms with Crippen LogP contribution in [0, 0.1) is 0 Å². The lowest BCUT2D eigenvalue weighted by Gasteiger charge is -2.31. The van der Waals surface area contributed by atoms with Crippen molar-refractivity contribution in [3.05, 3.63) is 0 Å². The average Bonchev–Trinajstić information content (AvgIpc) is 1.99. The van der Waals surface area contributed by atoms with Gasteiger partial charge in [0, 0.05) is 21.3 Å². The normalized spacial score (nSPS) is 13.5. The molecular formula is C6H19N2O3Si+. The molecule has 0 atom stereocenters. The summed E-state index contributed by atoms with van der Waals surface area (Å²) >= 11 is 0. The summed E-state index contributed by atoms with van der Waals surface area (Å²) in [5.41, 5.74) is 0. The van der Waals surface area contributed by atoms with Crippen LogP contribution >= 0.6 is 0 Å². The van der Waals surface area contributed by atoms with Crippen molar-refractivity contribution < 1.29 is 17.9 Å². The van der Waals surface area contributed by atoms with E-state index < -0.39 is 8.80 Å². The second-order valence-electron chi connectivity index (χ2n) is 3.23. The van der Waals surface area contributed by atoms with Gasteiger partial charge in [0.1, 0.15) is 0 Å². The van der Waals surface area contributed by atoms with Gasteiger partial charge in [-0.15, -0.1) is 0 Å².